The van der Waals surface area contributed by atoms with Gasteiger partial charge in [0.15, 0.2) is 0 Å². The van der Waals surface area contributed by atoms with Gasteiger partial charge in [0, 0.05) is 9.50 Å². The molecule has 0 radical (unpaired) electrons. The lowest BCUT2D eigenvalue weighted by Crippen LogP contribution is -1.99. The molecule has 0 atom stereocenters. The second kappa shape index (κ2) is 6.22. The number of anilines is 1. The Morgan fingerprint density at radius 3 is 2.47 bits per heavy atom. The monoisotopic (exact) mass is 336 g/mol. The first-order valence-corrected chi connectivity index (χ1v) is 7.06. The maximum atomic E-state index is 6.07. The summed E-state index contributed by atoms with van der Waals surface area (Å²) in [4.78, 5) is 0. The molecule has 0 amide bonds. The lowest BCUT2D eigenvalue weighted by molar-refractivity contribution is 1.31. The van der Waals surface area contributed by atoms with Crippen molar-refractivity contribution < 1.29 is 0 Å². The summed E-state index contributed by atoms with van der Waals surface area (Å²) in [6.45, 7) is 3.94. The van der Waals surface area contributed by atoms with Crippen molar-refractivity contribution in [1.29, 1.82) is 0 Å². The van der Waals surface area contributed by atoms with E-state index in [2.05, 4.69) is 26.5 Å². The molecule has 4 heteroatoms. The van der Waals surface area contributed by atoms with E-state index in [-0.39, 0.29) is 0 Å². The highest BCUT2D eigenvalue weighted by Crippen LogP contribution is 2.20. The lowest BCUT2D eigenvalue weighted by atomic mass is 10.1. The molecule has 0 aliphatic heterocycles. The predicted octanol–water partition coefficient (Wildman–Crippen LogP) is 5.25. The van der Waals surface area contributed by atoms with Crippen molar-refractivity contribution in [2.45, 2.75) is 13.8 Å². The molecule has 19 heavy (non-hydrogen) atoms. The van der Waals surface area contributed by atoms with E-state index >= 15 is 0 Å². The number of hydrogen-bond acceptors (Lipinski definition) is 2. The number of hydrazone groups is 1. The summed E-state index contributed by atoms with van der Waals surface area (Å²) >= 11 is 9.48. The first kappa shape index (κ1) is 14.1. The zero-order chi connectivity index (χ0) is 13.8. The first-order valence-electron chi connectivity index (χ1n) is 5.88. The summed E-state index contributed by atoms with van der Waals surface area (Å²) in [6.07, 6.45) is 0. The molecule has 0 fully saturated rings. The molecule has 0 unspecified atom stereocenters. The molecule has 2 aromatic carbocycles. The number of benzene rings is 2. The van der Waals surface area contributed by atoms with Crippen molar-refractivity contribution in [3.63, 3.8) is 0 Å². The van der Waals surface area contributed by atoms with Crippen LogP contribution in [0.1, 0.15) is 18.1 Å². The summed E-state index contributed by atoms with van der Waals surface area (Å²) < 4.78 is 1.06. The molecule has 2 aromatic rings. The van der Waals surface area contributed by atoms with Crippen molar-refractivity contribution in [1.82, 2.24) is 0 Å². The molecule has 98 valence electrons. The third-order valence-electron chi connectivity index (χ3n) is 2.79. The fourth-order valence-corrected chi connectivity index (χ4v) is 2.01. The second-order valence-corrected chi connectivity index (χ2v) is 5.60. The minimum Gasteiger partial charge on any atom is -0.278 e. The molecule has 2 rings (SSSR count). The van der Waals surface area contributed by atoms with Crippen molar-refractivity contribution in [2.24, 2.45) is 5.10 Å². The SMILES string of the molecule is CC(=NNc1ccc(C)c(Cl)c1)c1ccc(Br)cc1. The highest BCUT2D eigenvalue weighted by atomic mass is 79.9. The Morgan fingerprint density at radius 2 is 1.84 bits per heavy atom. The van der Waals surface area contributed by atoms with E-state index in [4.69, 9.17) is 11.6 Å². The molecular formula is C15H14BrClN2. The van der Waals surface area contributed by atoms with Crippen LogP contribution in [-0.4, -0.2) is 5.71 Å². The van der Waals surface area contributed by atoms with Crippen LogP contribution in [0.3, 0.4) is 0 Å². The lowest BCUT2D eigenvalue weighted by Gasteiger charge is -2.05. The van der Waals surface area contributed by atoms with Crippen LogP contribution in [0.2, 0.25) is 5.02 Å². The van der Waals surface area contributed by atoms with Crippen LogP contribution in [0.4, 0.5) is 5.69 Å². The summed E-state index contributed by atoms with van der Waals surface area (Å²) in [5.74, 6) is 0. The third kappa shape index (κ3) is 3.82. The van der Waals surface area contributed by atoms with Gasteiger partial charge in [-0.2, -0.15) is 5.10 Å². The van der Waals surface area contributed by atoms with Gasteiger partial charge in [0.25, 0.3) is 0 Å². The minimum absolute atomic E-state index is 0.737. The minimum atomic E-state index is 0.737. The van der Waals surface area contributed by atoms with Crippen molar-refractivity contribution in [3.8, 4) is 0 Å². The van der Waals surface area contributed by atoms with Gasteiger partial charge >= 0.3 is 0 Å². The summed E-state index contributed by atoms with van der Waals surface area (Å²) in [5.41, 5.74) is 6.95. The number of halogens is 2. The van der Waals surface area contributed by atoms with Gasteiger partial charge in [-0.25, -0.2) is 0 Å². The van der Waals surface area contributed by atoms with Crippen LogP contribution in [0.15, 0.2) is 52.0 Å². The van der Waals surface area contributed by atoms with Crippen LogP contribution in [0.5, 0.6) is 0 Å². The zero-order valence-electron chi connectivity index (χ0n) is 10.7. The zero-order valence-corrected chi connectivity index (χ0v) is 13.1. The van der Waals surface area contributed by atoms with Gasteiger partial charge in [0.2, 0.25) is 0 Å². The Balaban J connectivity index is 2.13. The molecular weight excluding hydrogens is 324 g/mol. The van der Waals surface area contributed by atoms with Gasteiger partial charge in [-0.05, 0) is 49.2 Å². The number of nitrogens with one attached hydrogen (secondary N) is 1. The Bertz CT molecular complexity index is 606. The van der Waals surface area contributed by atoms with Crippen molar-refractivity contribution in [3.05, 3.63) is 63.1 Å². The predicted molar refractivity (Wildman–Crippen MR) is 86.2 cm³/mol. The molecule has 0 saturated heterocycles. The molecule has 0 saturated carbocycles. The van der Waals surface area contributed by atoms with E-state index in [1.54, 1.807) is 0 Å². The van der Waals surface area contributed by atoms with E-state index in [1.807, 2.05) is 56.3 Å². The molecule has 0 aromatic heterocycles. The van der Waals surface area contributed by atoms with Gasteiger partial charge < -0.3 is 0 Å². The van der Waals surface area contributed by atoms with Crippen LogP contribution >= 0.6 is 27.5 Å². The Hall–Kier alpha value is -1.32. The summed E-state index contributed by atoms with van der Waals surface area (Å²) in [6, 6.07) is 13.8. The third-order valence-corrected chi connectivity index (χ3v) is 3.72. The van der Waals surface area contributed by atoms with Crippen molar-refractivity contribution >= 4 is 38.9 Å². The number of rotatable bonds is 3. The maximum Gasteiger partial charge on any atom is 0.0648 e. The van der Waals surface area contributed by atoms with Gasteiger partial charge in [0.1, 0.15) is 0 Å². The number of nitrogens with zero attached hydrogens (tertiary/aromatic N) is 1. The maximum absolute atomic E-state index is 6.07. The Labute approximate surface area is 126 Å². The number of hydrogen-bond donors (Lipinski definition) is 1. The van der Waals surface area contributed by atoms with Crippen LogP contribution in [-0.2, 0) is 0 Å². The fraction of sp³-hybridized carbons (Fsp3) is 0.133. The molecule has 2 nitrogen and oxygen atoms in total. The van der Waals surface area contributed by atoms with Gasteiger partial charge in [-0.1, -0.05) is 45.7 Å². The topological polar surface area (TPSA) is 24.4 Å². The second-order valence-electron chi connectivity index (χ2n) is 4.28. The Morgan fingerprint density at radius 1 is 1.16 bits per heavy atom. The van der Waals surface area contributed by atoms with E-state index < -0.39 is 0 Å². The summed E-state index contributed by atoms with van der Waals surface area (Å²) in [5, 5.41) is 5.10. The van der Waals surface area contributed by atoms with E-state index in [0.29, 0.717) is 0 Å². The van der Waals surface area contributed by atoms with E-state index in [9.17, 15) is 0 Å². The molecule has 0 heterocycles. The van der Waals surface area contributed by atoms with Crippen LogP contribution in [0.25, 0.3) is 0 Å². The Kier molecular flexibility index (Phi) is 4.61. The largest absolute Gasteiger partial charge is 0.278 e. The van der Waals surface area contributed by atoms with Gasteiger partial charge in [-0.3, -0.25) is 5.43 Å². The van der Waals surface area contributed by atoms with Crippen LogP contribution in [0, 0.1) is 6.92 Å². The van der Waals surface area contributed by atoms with Crippen molar-refractivity contribution in [2.75, 3.05) is 5.43 Å². The molecule has 0 aliphatic rings. The number of aryl methyl sites for hydroxylation is 1. The molecule has 1 N–H and O–H groups in total. The standard InChI is InChI=1S/C15H14BrClN2/c1-10-3-8-14(9-15(10)17)19-18-11(2)12-4-6-13(16)7-5-12/h3-9,19H,1-2H3. The van der Waals surface area contributed by atoms with Gasteiger partial charge in [0.05, 0.1) is 11.4 Å². The molecule has 0 spiro atoms. The molecule has 0 aliphatic carbocycles. The first-order chi connectivity index (χ1) is 9.06. The highest BCUT2D eigenvalue weighted by molar-refractivity contribution is 9.10. The van der Waals surface area contributed by atoms with Gasteiger partial charge in [-0.15, -0.1) is 0 Å². The normalized spacial score (nSPS) is 11.5. The average molecular weight is 338 g/mol. The quantitative estimate of drug-likeness (QED) is 0.600. The van der Waals surface area contributed by atoms with E-state index in [0.717, 1.165) is 32.0 Å². The highest BCUT2D eigenvalue weighted by Gasteiger charge is 1.99. The summed E-state index contributed by atoms with van der Waals surface area (Å²) in [7, 11) is 0. The van der Waals surface area contributed by atoms with Crippen LogP contribution < -0.4 is 5.43 Å². The smallest absolute Gasteiger partial charge is 0.0648 e. The van der Waals surface area contributed by atoms with E-state index in [1.165, 1.54) is 0 Å². The fourth-order valence-electron chi connectivity index (χ4n) is 1.57. The average Bonchev–Trinajstić information content (AvgIpc) is 2.40. The molecule has 0 bridgehead atoms.